The Labute approximate surface area is 173 Å². The third-order valence-electron chi connectivity index (χ3n) is 5.31. The van der Waals surface area contributed by atoms with Crippen molar-refractivity contribution in [2.45, 2.75) is 86.3 Å². The molecule has 0 amide bonds. The maximum atomic E-state index is 13.4. The standard InChI is InChI=1S/C22H30N2O2S2/c1-15-14-16(2)24-21(23-15)27-19-8-6-7-9-20(19)28(25,26)18-12-10-17(11-13-18)22(3,4)5/h10-14,19-20H,6-9H2,1-5H3/t19-,20-/m0/s1. The highest BCUT2D eigenvalue weighted by Gasteiger charge is 2.37. The third-order valence-corrected chi connectivity index (χ3v) is 9.03. The van der Waals surface area contributed by atoms with Crippen LogP contribution < -0.4 is 0 Å². The minimum atomic E-state index is -3.39. The SMILES string of the molecule is Cc1cc(C)nc(S[C@H]2CCCC[C@@H]2S(=O)(=O)c2ccc(C(C)(C)C)cc2)n1. The Kier molecular flexibility index (Phi) is 6.20. The van der Waals surface area contributed by atoms with Crippen molar-refractivity contribution < 1.29 is 8.42 Å². The molecule has 0 radical (unpaired) electrons. The molecule has 4 nitrogen and oxygen atoms in total. The Morgan fingerprint density at radius 2 is 1.54 bits per heavy atom. The van der Waals surface area contributed by atoms with Gasteiger partial charge >= 0.3 is 0 Å². The van der Waals surface area contributed by atoms with E-state index in [1.54, 1.807) is 12.1 Å². The van der Waals surface area contributed by atoms with Crippen molar-refractivity contribution in [3.8, 4) is 0 Å². The Morgan fingerprint density at radius 1 is 0.964 bits per heavy atom. The highest BCUT2D eigenvalue weighted by atomic mass is 32.2. The molecule has 3 rings (SSSR count). The maximum Gasteiger partial charge on any atom is 0.188 e. The van der Waals surface area contributed by atoms with E-state index >= 15 is 0 Å². The second-order valence-corrected chi connectivity index (χ2v) is 12.1. The molecule has 0 N–H and O–H groups in total. The van der Waals surface area contributed by atoms with Crippen molar-refractivity contribution in [3.63, 3.8) is 0 Å². The van der Waals surface area contributed by atoms with E-state index in [2.05, 4.69) is 30.7 Å². The highest BCUT2D eigenvalue weighted by molar-refractivity contribution is 8.01. The molecule has 0 spiro atoms. The van der Waals surface area contributed by atoms with Crippen molar-refractivity contribution in [3.05, 3.63) is 47.3 Å². The monoisotopic (exact) mass is 418 g/mol. The zero-order valence-electron chi connectivity index (χ0n) is 17.4. The summed E-state index contributed by atoms with van der Waals surface area (Å²) in [6, 6.07) is 9.39. The van der Waals surface area contributed by atoms with Gasteiger partial charge < -0.3 is 0 Å². The van der Waals surface area contributed by atoms with Gasteiger partial charge in [0.2, 0.25) is 0 Å². The lowest BCUT2D eigenvalue weighted by atomic mass is 9.87. The van der Waals surface area contributed by atoms with Crippen molar-refractivity contribution in [2.75, 3.05) is 0 Å². The molecule has 2 aromatic rings. The second kappa shape index (κ2) is 8.15. The molecule has 0 aliphatic heterocycles. The van der Waals surface area contributed by atoms with Crippen LogP contribution in [0.25, 0.3) is 0 Å². The summed E-state index contributed by atoms with van der Waals surface area (Å²) in [7, 11) is -3.39. The molecule has 1 aromatic heterocycles. The van der Waals surface area contributed by atoms with E-state index in [1.165, 1.54) is 11.8 Å². The van der Waals surface area contributed by atoms with Gasteiger partial charge in [-0.1, -0.05) is 57.5 Å². The number of rotatable bonds is 4. The predicted octanol–water partition coefficient (Wildman–Crippen LogP) is 5.27. The minimum Gasteiger partial charge on any atom is -0.228 e. The summed E-state index contributed by atoms with van der Waals surface area (Å²) >= 11 is 1.53. The maximum absolute atomic E-state index is 13.4. The molecule has 2 atom stereocenters. The highest BCUT2D eigenvalue weighted by Crippen LogP contribution is 2.38. The van der Waals surface area contributed by atoms with E-state index in [4.69, 9.17) is 0 Å². The van der Waals surface area contributed by atoms with Crippen LogP contribution in [-0.4, -0.2) is 28.9 Å². The van der Waals surface area contributed by atoms with Gasteiger partial charge in [-0.3, -0.25) is 0 Å². The zero-order chi connectivity index (χ0) is 20.5. The Morgan fingerprint density at radius 3 is 2.11 bits per heavy atom. The van der Waals surface area contributed by atoms with Gasteiger partial charge in [-0.25, -0.2) is 18.4 Å². The van der Waals surface area contributed by atoms with Crippen LogP contribution in [0.2, 0.25) is 0 Å². The van der Waals surface area contributed by atoms with Gasteiger partial charge in [-0.05, 0) is 55.9 Å². The predicted molar refractivity (Wildman–Crippen MR) is 116 cm³/mol. The summed E-state index contributed by atoms with van der Waals surface area (Å²) < 4.78 is 26.9. The van der Waals surface area contributed by atoms with Crippen LogP contribution in [-0.2, 0) is 15.3 Å². The number of thioether (sulfide) groups is 1. The van der Waals surface area contributed by atoms with Gasteiger partial charge in [0.15, 0.2) is 15.0 Å². The van der Waals surface area contributed by atoms with Crippen molar-refractivity contribution >= 4 is 21.6 Å². The Balaban J connectivity index is 1.87. The molecule has 6 heteroatoms. The number of nitrogens with zero attached hydrogens (tertiary/aromatic N) is 2. The van der Waals surface area contributed by atoms with Crippen LogP contribution in [0.3, 0.4) is 0 Å². The number of aromatic nitrogens is 2. The molecular formula is C22H30N2O2S2. The first-order valence-electron chi connectivity index (χ1n) is 9.91. The summed E-state index contributed by atoms with van der Waals surface area (Å²) in [4.78, 5) is 9.46. The van der Waals surface area contributed by atoms with Crippen LogP contribution in [0, 0.1) is 13.8 Å². The quantitative estimate of drug-likeness (QED) is 0.633. The first kappa shape index (κ1) is 21.3. The van der Waals surface area contributed by atoms with E-state index in [0.717, 1.165) is 36.2 Å². The van der Waals surface area contributed by atoms with Crippen LogP contribution in [0.5, 0.6) is 0 Å². The first-order chi connectivity index (χ1) is 13.1. The molecule has 1 heterocycles. The van der Waals surface area contributed by atoms with Crippen LogP contribution in [0.15, 0.2) is 40.4 Å². The first-order valence-corrected chi connectivity index (χ1v) is 12.3. The molecular weight excluding hydrogens is 388 g/mol. The van der Waals surface area contributed by atoms with Crippen molar-refractivity contribution in [1.82, 2.24) is 9.97 Å². The molecule has 0 unspecified atom stereocenters. The average Bonchev–Trinajstić information content (AvgIpc) is 2.60. The number of hydrogen-bond acceptors (Lipinski definition) is 5. The van der Waals surface area contributed by atoms with Crippen LogP contribution in [0.1, 0.15) is 63.4 Å². The fraction of sp³-hybridized carbons (Fsp3) is 0.545. The Bertz CT molecular complexity index is 912. The van der Waals surface area contributed by atoms with Crippen LogP contribution >= 0.6 is 11.8 Å². The molecule has 1 aliphatic rings. The van der Waals surface area contributed by atoms with Gasteiger partial charge in [-0.15, -0.1) is 0 Å². The van der Waals surface area contributed by atoms with Gasteiger partial charge in [0.1, 0.15) is 0 Å². The van der Waals surface area contributed by atoms with E-state index in [0.29, 0.717) is 16.5 Å². The Hall–Kier alpha value is -1.40. The van der Waals surface area contributed by atoms with Crippen molar-refractivity contribution in [2.24, 2.45) is 0 Å². The normalized spacial score (nSPS) is 20.9. The molecule has 1 fully saturated rings. The van der Waals surface area contributed by atoms with Crippen LogP contribution in [0.4, 0.5) is 0 Å². The molecule has 1 aliphatic carbocycles. The smallest absolute Gasteiger partial charge is 0.188 e. The number of hydrogen-bond donors (Lipinski definition) is 0. The van der Waals surface area contributed by atoms with Gasteiger partial charge in [0, 0.05) is 16.6 Å². The lowest BCUT2D eigenvalue weighted by Gasteiger charge is -2.30. The molecule has 0 saturated heterocycles. The number of sulfone groups is 1. The van der Waals surface area contributed by atoms with E-state index in [-0.39, 0.29) is 10.7 Å². The van der Waals surface area contributed by atoms with Gasteiger partial charge in [-0.2, -0.15) is 0 Å². The summed E-state index contributed by atoms with van der Waals surface area (Å²) in [6.07, 6.45) is 3.59. The summed E-state index contributed by atoms with van der Waals surface area (Å²) in [5.41, 5.74) is 2.99. The lowest BCUT2D eigenvalue weighted by molar-refractivity contribution is 0.492. The lowest BCUT2D eigenvalue weighted by Crippen LogP contribution is -2.35. The molecule has 28 heavy (non-hydrogen) atoms. The number of aryl methyl sites for hydroxylation is 2. The fourth-order valence-electron chi connectivity index (χ4n) is 3.75. The van der Waals surface area contributed by atoms with Gasteiger partial charge in [0.25, 0.3) is 0 Å². The largest absolute Gasteiger partial charge is 0.228 e. The topological polar surface area (TPSA) is 59.9 Å². The molecule has 0 bridgehead atoms. The summed E-state index contributed by atoms with van der Waals surface area (Å²) in [6.45, 7) is 10.3. The zero-order valence-corrected chi connectivity index (χ0v) is 19.0. The summed E-state index contributed by atoms with van der Waals surface area (Å²) in [5.74, 6) is 0. The minimum absolute atomic E-state index is 0.00584. The summed E-state index contributed by atoms with van der Waals surface area (Å²) in [5, 5.41) is 0.283. The fourth-order valence-corrected chi connectivity index (χ4v) is 7.47. The van der Waals surface area contributed by atoms with E-state index in [1.807, 2.05) is 32.0 Å². The van der Waals surface area contributed by atoms with E-state index in [9.17, 15) is 8.42 Å². The molecule has 152 valence electrons. The average molecular weight is 419 g/mol. The van der Waals surface area contributed by atoms with Crippen molar-refractivity contribution in [1.29, 1.82) is 0 Å². The number of benzene rings is 1. The molecule has 1 saturated carbocycles. The molecule has 1 aromatic carbocycles. The third kappa shape index (κ3) is 4.77. The van der Waals surface area contributed by atoms with Gasteiger partial charge in [0.05, 0.1) is 10.1 Å². The van der Waals surface area contributed by atoms with E-state index < -0.39 is 15.1 Å². The second-order valence-electron chi connectivity index (χ2n) is 8.73.